The van der Waals surface area contributed by atoms with Crippen LogP contribution in [0.25, 0.3) is 11.0 Å². The number of alkyl halides is 3. The molecular formula is C28H38F3N5O4S. The number of rotatable bonds is 12. The van der Waals surface area contributed by atoms with Crippen molar-refractivity contribution in [2.75, 3.05) is 75.8 Å². The topological polar surface area (TPSA) is 89.9 Å². The van der Waals surface area contributed by atoms with E-state index in [1.807, 2.05) is 0 Å². The summed E-state index contributed by atoms with van der Waals surface area (Å²) in [7, 11) is -0.782. The molecule has 0 spiro atoms. The summed E-state index contributed by atoms with van der Waals surface area (Å²) in [5.41, 5.74) is -0.190. The Morgan fingerprint density at radius 3 is 2.54 bits per heavy atom. The lowest BCUT2D eigenvalue weighted by Crippen LogP contribution is -2.38. The van der Waals surface area contributed by atoms with Gasteiger partial charge in [-0.15, -0.1) is 0 Å². The molecule has 0 bridgehead atoms. The highest BCUT2D eigenvalue weighted by Gasteiger charge is 2.36. The minimum atomic E-state index is -4.61. The summed E-state index contributed by atoms with van der Waals surface area (Å²) in [6.07, 6.45) is 5.10. The standard InChI is InChI=1S/C28H38F3N5O4S/c1-41(2,3)18-17-39-20-36-19-23(28(29,30)31)25-24(9-11-32-26(25)36)40-22-7-5-21(6-8-22)34-27(37)33-10-4-12-35-13-15-38-16-14-35/h5-9,11,19H,4,10,12-18,20H2,1-3H3,(H2,33,34,37). The highest BCUT2D eigenvalue weighted by atomic mass is 32.3. The molecule has 2 aromatic heterocycles. The minimum Gasteiger partial charge on any atom is -0.457 e. The molecule has 1 aliphatic rings. The SMILES string of the molecule is CS(C)(C)CCOCn1cc(C(F)(F)F)c2c(Oc3ccc(NC(=O)NCCCN4CCOCC4)cc3)ccnc21. The van der Waals surface area contributed by atoms with Gasteiger partial charge in [0.15, 0.2) is 0 Å². The molecule has 226 valence electrons. The summed E-state index contributed by atoms with van der Waals surface area (Å²) in [5, 5.41) is 5.45. The van der Waals surface area contributed by atoms with E-state index in [2.05, 4.69) is 39.3 Å². The van der Waals surface area contributed by atoms with Crippen LogP contribution in [-0.4, -0.2) is 91.0 Å². The summed E-state index contributed by atoms with van der Waals surface area (Å²) in [4.78, 5) is 18.7. The molecule has 9 nitrogen and oxygen atoms in total. The fourth-order valence-corrected chi connectivity index (χ4v) is 4.91. The van der Waals surface area contributed by atoms with Crippen LogP contribution < -0.4 is 15.4 Å². The molecule has 3 aromatic rings. The lowest BCUT2D eigenvalue weighted by molar-refractivity contribution is -0.136. The number of urea groups is 1. The van der Waals surface area contributed by atoms with E-state index in [0.29, 0.717) is 24.6 Å². The van der Waals surface area contributed by atoms with E-state index >= 15 is 0 Å². The summed E-state index contributed by atoms with van der Waals surface area (Å²) < 4.78 is 60.2. The van der Waals surface area contributed by atoms with Gasteiger partial charge in [-0.2, -0.15) is 13.2 Å². The number of carbonyl (C=O) groups is 1. The van der Waals surface area contributed by atoms with Gasteiger partial charge in [-0.1, -0.05) is 0 Å². The number of halogens is 3. The van der Waals surface area contributed by atoms with Gasteiger partial charge in [0.1, 0.15) is 23.9 Å². The molecule has 1 fully saturated rings. The number of morpholine rings is 1. The molecule has 13 heteroatoms. The smallest absolute Gasteiger partial charge is 0.418 e. The molecule has 3 heterocycles. The van der Waals surface area contributed by atoms with Gasteiger partial charge in [-0.25, -0.2) is 19.8 Å². The number of benzene rings is 1. The predicted octanol–water partition coefficient (Wildman–Crippen LogP) is 5.36. The zero-order valence-corrected chi connectivity index (χ0v) is 24.4. The molecule has 1 aromatic carbocycles. The van der Waals surface area contributed by atoms with Crippen molar-refractivity contribution in [2.45, 2.75) is 19.3 Å². The van der Waals surface area contributed by atoms with E-state index in [0.717, 1.165) is 51.2 Å². The molecule has 0 radical (unpaired) electrons. The second-order valence-corrected chi connectivity index (χ2v) is 15.3. The van der Waals surface area contributed by atoms with Gasteiger partial charge in [-0.3, -0.25) is 4.90 Å². The number of nitrogens with zero attached hydrogens (tertiary/aromatic N) is 3. The van der Waals surface area contributed by atoms with Gasteiger partial charge in [0.25, 0.3) is 0 Å². The molecule has 41 heavy (non-hydrogen) atoms. The maximum atomic E-state index is 14.0. The molecule has 0 aliphatic carbocycles. The number of ether oxygens (including phenoxy) is 3. The van der Waals surface area contributed by atoms with Crippen molar-refractivity contribution >= 4 is 32.8 Å². The van der Waals surface area contributed by atoms with Crippen molar-refractivity contribution in [3.05, 3.63) is 48.3 Å². The molecule has 0 saturated carbocycles. The maximum Gasteiger partial charge on any atom is 0.418 e. The third-order valence-electron chi connectivity index (χ3n) is 6.48. The molecule has 2 N–H and O–H groups in total. The Bertz CT molecular complexity index is 1290. The third kappa shape index (κ3) is 9.25. The van der Waals surface area contributed by atoms with Crippen LogP contribution in [0.15, 0.2) is 42.7 Å². The number of carbonyl (C=O) groups excluding carboxylic acids is 1. The van der Waals surface area contributed by atoms with Crippen molar-refractivity contribution in [3.8, 4) is 11.5 Å². The Labute approximate surface area is 239 Å². The average molecular weight is 598 g/mol. The minimum absolute atomic E-state index is 0.0268. The number of anilines is 1. The number of aromatic nitrogens is 2. The van der Waals surface area contributed by atoms with Crippen molar-refractivity contribution in [2.24, 2.45) is 0 Å². The highest BCUT2D eigenvalue weighted by molar-refractivity contribution is 8.32. The predicted molar refractivity (Wildman–Crippen MR) is 156 cm³/mol. The van der Waals surface area contributed by atoms with E-state index in [9.17, 15) is 18.0 Å². The molecule has 2 amide bonds. The van der Waals surface area contributed by atoms with Gasteiger partial charge in [0, 0.05) is 43.5 Å². The van der Waals surface area contributed by atoms with Crippen molar-refractivity contribution in [1.82, 2.24) is 19.8 Å². The zero-order valence-electron chi connectivity index (χ0n) is 23.6. The fourth-order valence-electron chi connectivity index (χ4n) is 4.29. The van der Waals surface area contributed by atoms with Crippen LogP contribution in [0.1, 0.15) is 12.0 Å². The second kappa shape index (κ2) is 13.8. The van der Waals surface area contributed by atoms with E-state index in [1.54, 1.807) is 24.3 Å². The Morgan fingerprint density at radius 2 is 1.85 bits per heavy atom. The lowest BCUT2D eigenvalue weighted by Gasteiger charge is -2.26. The van der Waals surface area contributed by atoms with Crippen LogP contribution in [0.3, 0.4) is 0 Å². The average Bonchev–Trinajstić information content (AvgIpc) is 3.31. The van der Waals surface area contributed by atoms with Crippen LogP contribution in [0.5, 0.6) is 11.5 Å². The maximum absolute atomic E-state index is 14.0. The van der Waals surface area contributed by atoms with Gasteiger partial charge in [0.05, 0.1) is 30.8 Å². The Kier molecular flexibility index (Phi) is 10.4. The van der Waals surface area contributed by atoms with Gasteiger partial charge < -0.3 is 29.4 Å². The van der Waals surface area contributed by atoms with E-state index in [4.69, 9.17) is 14.2 Å². The van der Waals surface area contributed by atoms with Crippen LogP contribution in [0, 0.1) is 0 Å². The summed E-state index contributed by atoms with van der Waals surface area (Å²) >= 11 is 0. The first-order valence-corrected chi connectivity index (χ1v) is 16.4. The summed E-state index contributed by atoms with van der Waals surface area (Å²) in [6, 6.07) is 7.50. The zero-order chi connectivity index (χ0) is 29.5. The number of nitrogens with one attached hydrogen (secondary N) is 2. The molecular weight excluding hydrogens is 559 g/mol. The number of pyridine rings is 1. The largest absolute Gasteiger partial charge is 0.457 e. The summed E-state index contributed by atoms with van der Waals surface area (Å²) in [5.74, 6) is 1.19. The van der Waals surface area contributed by atoms with Gasteiger partial charge >= 0.3 is 12.2 Å². The number of hydrogen-bond donors (Lipinski definition) is 2. The van der Waals surface area contributed by atoms with Crippen molar-refractivity contribution < 1.29 is 32.2 Å². The fraction of sp³-hybridized carbons (Fsp3) is 0.500. The van der Waals surface area contributed by atoms with E-state index < -0.39 is 21.8 Å². The van der Waals surface area contributed by atoms with E-state index in [-0.39, 0.29) is 29.5 Å². The van der Waals surface area contributed by atoms with Gasteiger partial charge in [-0.05, 0) is 62.1 Å². The third-order valence-corrected chi connectivity index (χ3v) is 7.87. The lowest BCUT2D eigenvalue weighted by atomic mass is 10.2. The van der Waals surface area contributed by atoms with Crippen molar-refractivity contribution in [1.29, 1.82) is 0 Å². The molecule has 0 unspecified atom stereocenters. The normalized spacial score (nSPS) is 15.2. The first kappa shape index (κ1) is 30.9. The number of hydrogen-bond acceptors (Lipinski definition) is 6. The molecule has 0 atom stereocenters. The van der Waals surface area contributed by atoms with Crippen LogP contribution in [-0.2, 0) is 22.4 Å². The molecule has 1 aliphatic heterocycles. The van der Waals surface area contributed by atoms with E-state index in [1.165, 1.54) is 16.8 Å². The summed E-state index contributed by atoms with van der Waals surface area (Å²) in [6.45, 7) is 5.11. The molecule has 4 rings (SSSR count). The second-order valence-electron chi connectivity index (χ2n) is 10.7. The number of fused-ring (bicyclic) bond motifs is 1. The Morgan fingerprint density at radius 1 is 1.12 bits per heavy atom. The van der Waals surface area contributed by atoms with Crippen LogP contribution in [0.2, 0.25) is 0 Å². The molecule has 1 saturated heterocycles. The monoisotopic (exact) mass is 597 g/mol. The Balaban J connectivity index is 1.37. The first-order chi connectivity index (χ1) is 19.5. The Hall–Kier alpha value is -3.00. The van der Waals surface area contributed by atoms with Gasteiger partial charge in [0.2, 0.25) is 0 Å². The van der Waals surface area contributed by atoms with Crippen molar-refractivity contribution in [3.63, 3.8) is 0 Å². The van der Waals surface area contributed by atoms with Crippen LogP contribution >= 0.6 is 10.0 Å². The highest BCUT2D eigenvalue weighted by Crippen LogP contribution is 2.41. The quantitative estimate of drug-likeness (QED) is 0.274. The van der Waals surface area contributed by atoms with Crippen LogP contribution in [0.4, 0.5) is 23.7 Å². The first-order valence-electron chi connectivity index (χ1n) is 13.4. The number of amides is 2.